The van der Waals surface area contributed by atoms with Crippen LogP contribution in [0.5, 0.6) is 17.2 Å². The highest BCUT2D eigenvalue weighted by molar-refractivity contribution is 7.52. The number of carbonyl (C=O) groups excluding carboxylic acids is 3. The third-order valence-electron chi connectivity index (χ3n) is 23.1. The fraction of sp³-hybridized carbons (Fsp3) is 0.411. The van der Waals surface area contributed by atoms with Crippen molar-refractivity contribution in [1.82, 2.24) is 53.7 Å². The quantitative estimate of drug-likeness (QED) is 0.0140. The van der Waals surface area contributed by atoms with E-state index in [1.807, 2.05) is 38.1 Å². The van der Waals surface area contributed by atoms with Crippen LogP contribution in [0.3, 0.4) is 0 Å². The molecule has 15 rings (SSSR count). The molecule has 22 atom stereocenters. The van der Waals surface area contributed by atoms with Crippen LogP contribution in [0.4, 0.5) is 22.7 Å². The molecule has 20 N–H and O–H groups in total. The normalized spacial score (nSPS) is 26.1. The van der Waals surface area contributed by atoms with Crippen LogP contribution >= 0.6 is 23.2 Å². The Morgan fingerprint density at radius 2 is 0.671 bits per heavy atom. The summed E-state index contributed by atoms with van der Waals surface area (Å²) in [5.74, 6) is -1.27. The van der Waals surface area contributed by atoms with Gasteiger partial charge in [0, 0.05) is 24.8 Å². The maximum Gasteiger partial charge on any atom is 0.459 e. The molecule has 0 spiro atoms. The maximum absolute atomic E-state index is 13.9. The van der Waals surface area contributed by atoms with Crippen LogP contribution in [0.2, 0.25) is 0 Å². The average molecular weight is 2000 g/mol. The lowest BCUT2D eigenvalue weighted by Crippen LogP contribution is -2.41. The second-order valence-corrected chi connectivity index (χ2v) is 37.9. The van der Waals surface area contributed by atoms with Crippen LogP contribution in [-0.2, 0) is 97.2 Å². The molecule has 746 valence electrons. The van der Waals surface area contributed by atoms with Crippen molar-refractivity contribution in [2.24, 2.45) is 5.92 Å². The van der Waals surface area contributed by atoms with Crippen molar-refractivity contribution in [1.29, 1.82) is 21.0 Å². The van der Waals surface area contributed by atoms with Crippen LogP contribution < -0.4 is 51.8 Å². The Labute approximate surface area is 800 Å². The number of nitrogens with one attached hydrogen (secondary N) is 3. The van der Waals surface area contributed by atoms with Gasteiger partial charge in [-0.1, -0.05) is 81.3 Å². The molecule has 11 aromatic rings. The van der Waals surface area contributed by atoms with Gasteiger partial charge >= 0.3 is 41.1 Å². The molecule has 4 fully saturated rings. The number of hydrogen-bond donors (Lipinski definition) is 16. The fourth-order valence-corrected chi connectivity index (χ4v) is 20.0. The highest BCUT2D eigenvalue weighted by Gasteiger charge is 2.62. The van der Waals surface area contributed by atoms with Crippen LogP contribution in [0, 0.1) is 51.2 Å². The highest BCUT2D eigenvalue weighted by Crippen LogP contribution is 2.52. The van der Waals surface area contributed by atoms with E-state index in [4.69, 9.17) is 83.2 Å². The van der Waals surface area contributed by atoms with Gasteiger partial charge in [-0.25, -0.2) is 31.8 Å². The number of anilines is 4. The van der Waals surface area contributed by atoms with Gasteiger partial charge in [0.05, 0.1) is 113 Å². The first-order chi connectivity index (χ1) is 66.7. The van der Waals surface area contributed by atoms with Gasteiger partial charge in [0.2, 0.25) is 22.4 Å². The molecule has 47 nitrogen and oxygen atoms in total. The van der Waals surface area contributed by atoms with E-state index in [0.29, 0.717) is 44.8 Å². The Balaban J connectivity index is 0.000000171. The van der Waals surface area contributed by atoms with Gasteiger partial charge in [0.25, 0.3) is 0 Å². The molecule has 0 amide bonds. The summed E-state index contributed by atoms with van der Waals surface area (Å²) < 4.78 is 119. The molecule has 12 heterocycles. The van der Waals surface area contributed by atoms with Crippen molar-refractivity contribution in [3.05, 3.63) is 211 Å². The van der Waals surface area contributed by atoms with Crippen molar-refractivity contribution in [2.75, 3.05) is 62.6 Å². The summed E-state index contributed by atoms with van der Waals surface area (Å²) in [4.78, 5) is 37.2. The molecule has 0 radical (unpaired) electrons. The zero-order valence-electron chi connectivity index (χ0n) is 76.7. The number of hydrogen-bond acceptors (Lipinski definition) is 40. The summed E-state index contributed by atoms with van der Waals surface area (Å²) in [6, 6.07) is 47.7. The minimum atomic E-state index is -4.31. The first-order valence-corrected chi connectivity index (χ1v) is 48.6. The standard InChI is InChI=1S/C28H36N5O8P.C25H30N5O8P.C24H28N5O8P.C13H14N4O4/c1-4-19(5-2)15-38-27(36)18(3)32-42(37,41-20-9-7-6-8-10-20)39-16-23-25(34)26(35)28(17-29,40-23)24-12-11-22-21(30)13-14-31-33(22)24;1-15(2)36-24(33)16(3)29-39(34,38-17-7-5-4-6-8-17)35-13-20-22(31)23(32)25(14-26,37-20)21-10-9-19-18(27)11-12-28-30(19)21;1-3-34-23(32)15(2)28-38(33,37-16-7-5-4-6-8-16)35-13-19-21(30)22(31)24(14-25,36-19)20-10-9-18-17(26)11-12-27-29(18)20;14-6-13(12(20)11(19)9(5-18)21-13)10-2-1-8-7(15)3-4-16-17(8)10/h6-14,18-19,23,25-26,34-35H,4-5,15-16,30H2,1-3H3,(H,32,37);4-12,15-16,20,22-23,31-32H,13,27H2,1-3H3,(H,29,34);4-12,15,19,21-22,30-31H,3,13,26H2,1-2H3,(H,28,33);1-4,9,11-12,18-20H,5,15H2/t18-,23+,25+,26+,28-,42?;16-,20+,22+,23+,25-,39?;15-,19+,21+,22+,24-,38?;9-,11-,12-,13+/m0001/s1. The molecular weight excluding hydrogens is 1890 g/mol. The molecule has 0 bridgehead atoms. The van der Waals surface area contributed by atoms with E-state index in [2.05, 4.69) is 35.7 Å². The summed E-state index contributed by atoms with van der Waals surface area (Å²) >= 11 is 0. The van der Waals surface area contributed by atoms with E-state index in [0.717, 1.165) is 12.8 Å². The number of ether oxygens (including phenoxy) is 7. The SMILES string of the molecule is CC(C)OC(=O)[C@H](C)NP(=O)(OC[C@H]1O[C@@](C#N)(c2ccc3c(N)ccnn23)[C@H](O)[C@@H]1O)Oc1ccccc1.CCC(CC)COC(=O)[C@H](C)NP(=O)(OC[C@H]1O[C@@](C#N)(c2ccc3c(N)ccnn23)[C@H](O)[C@@H]1O)Oc1ccccc1.CCOC(=O)[C@H](C)NP(=O)(OC[C@H]1O[C@@](C#N)(c2ccc3c(N)ccnn23)[C@H](O)[C@@H]1O)Oc1ccccc1.N#C[C@@]1(c2ccc3c(N)ccnn23)O[C@H](CO)[C@@H](O)[C@H]1O. The van der Waals surface area contributed by atoms with Gasteiger partial charge < -0.3 is 116 Å². The molecule has 140 heavy (non-hydrogen) atoms. The number of nitrogens with zero attached hydrogens (tertiary/aromatic N) is 12. The number of benzene rings is 3. The number of fused-ring (bicyclic) bond motifs is 4. The van der Waals surface area contributed by atoms with Gasteiger partial charge in [0.15, 0.2) is 0 Å². The third kappa shape index (κ3) is 22.5. The first kappa shape index (κ1) is 106. The molecule has 8 aromatic heterocycles. The molecule has 4 saturated heterocycles. The number of esters is 3. The van der Waals surface area contributed by atoms with Gasteiger partial charge in [-0.2, -0.15) is 56.7 Å². The number of para-hydroxylation sites is 3. The number of nitrogens with two attached hydrogens (primary N) is 4. The molecular formula is C90H108N19O28P3. The highest BCUT2D eigenvalue weighted by atomic mass is 31.2. The molecule has 0 aliphatic carbocycles. The second kappa shape index (κ2) is 45.3. The van der Waals surface area contributed by atoms with Crippen LogP contribution in [-0.4, -0.2) is 239 Å². The Morgan fingerprint density at radius 1 is 0.407 bits per heavy atom. The Kier molecular flexibility index (Phi) is 34.3. The van der Waals surface area contributed by atoms with Gasteiger partial charge in [0.1, 0.15) is 133 Å². The van der Waals surface area contributed by atoms with Crippen LogP contribution in [0.25, 0.3) is 22.1 Å². The third-order valence-corrected chi connectivity index (χ3v) is 28.0. The lowest BCUT2D eigenvalue weighted by atomic mass is 9.92. The van der Waals surface area contributed by atoms with Gasteiger partial charge in [-0.3, -0.25) is 28.0 Å². The molecule has 3 aromatic carbocycles. The summed E-state index contributed by atoms with van der Waals surface area (Å²) in [5.41, 5.74) is 20.1. The number of aliphatic hydroxyl groups is 9. The number of aromatic nitrogens is 8. The van der Waals surface area contributed by atoms with Crippen molar-refractivity contribution >= 4 is 86.0 Å². The Hall–Kier alpha value is -12.7. The fourth-order valence-electron chi connectivity index (χ4n) is 15.5. The van der Waals surface area contributed by atoms with E-state index in [9.17, 15) is 95.1 Å². The van der Waals surface area contributed by atoms with E-state index in [-0.39, 0.29) is 59.2 Å². The predicted molar refractivity (Wildman–Crippen MR) is 495 cm³/mol. The largest absolute Gasteiger partial charge is 0.465 e. The minimum Gasteiger partial charge on any atom is -0.465 e. The predicted octanol–water partition coefficient (Wildman–Crippen LogP) is 5.06. The zero-order valence-corrected chi connectivity index (χ0v) is 79.4. The summed E-state index contributed by atoms with van der Waals surface area (Å²) in [6.45, 7) is 11.4. The number of carbonyl (C=O) groups is 3. The number of nitriles is 4. The second-order valence-electron chi connectivity index (χ2n) is 32.8. The Bertz CT molecular complexity index is 6480. The summed E-state index contributed by atoms with van der Waals surface area (Å²) in [5, 5.41) is 159. The molecule has 0 saturated carbocycles. The number of rotatable bonds is 35. The zero-order chi connectivity index (χ0) is 102. The van der Waals surface area contributed by atoms with Crippen LogP contribution in [0.1, 0.15) is 91.0 Å². The van der Waals surface area contributed by atoms with Gasteiger partial charge in [-0.15, -0.1) is 0 Å². The molecule has 4 aliphatic heterocycles. The lowest BCUT2D eigenvalue weighted by molar-refractivity contribution is -0.149. The molecule has 50 heteroatoms. The molecule has 3 unspecified atom stereocenters. The van der Waals surface area contributed by atoms with Crippen molar-refractivity contribution in [2.45, 2.75) is 188 Å². The van der Waals surface area contributed by atoms with Crippen molar-refractivity contribution < 1.29 is 134 Å². The number of nitrogen functional groups attached to an aromatic ring is 4. The van der Waals surface area contributed by atoms with E-state index in [1.54, 1.807) is 142 Å². The summed E-state index contributed by atoms with van der Waals surface area (Å²) in [7, 11) is -12.9. The van der Waals surface area contributed by atoms with Crippen molar-refractivity contribution in [3.63, 3.8) is 0 Å². The van der Waals surface area contributed by atoms with E-state index < -0.39 is 187 Å². The summed E-state index contributed by atoms with van der Waals surface area (Å²) in [6.07, 6.45) is -10.9. The smallest absolute Gasteiger partial charge is 0.459 e. The minimum absolute atomic E-state index is 0.112. The first-order valence-electron chi connectivity index (χ1n) is 43.9. The van der Waals surface area contributed by atoms with Crippen LogP contribution in [0.15, 0.2) is 189 Å². The van der Waals surface area contributed by atoms with Crippen molar-refractivity contribution in [3.8, 4) is 41.5 Å². The topological polar surface area (TPSA) is 709 Å². The monoisotopic (exact) mass is 2000 g/mol. The lowest BCUT2D eigenvalue weighted by Gasteiger charge is -2.25. The van der Waals surface area contributed by atoms with E-state index in [1.165, 1.54) is 106 Å². The maximum atomic E-state index is 13.9. The van der Waals surface area contributed by atoms with E-state index >= 15 is 0 Å². The average Bonchev–Trinajstić information content (AvgIpc) is 1.59. The Morgan fingerprint density at radius 3 is 0.921 bits per heavy atom. The molecule has 4 aliphatic rings. The number of aliphatic hydroxyl groups excluding tert-OH is 9. The van der Waals surface area contributed by atoms with Gasteiger partial charge in [-0.05, 0) is 157 Å².